The second-order valence-corrected chi connectivity index (χ2v) is 6.19. The van der Waals surface area contributed by atoms with E-state index in [-0.39, 0.29) is 0 Å². The average Bonchev–Trinajstić information content (AvgIpc) is 2.37. The molecular weight excluding hydrogens is 314 g/mol. The summed E-state index contributed by atoms with van der Waals surface area (Å²) < 4.78 is 1.02. The van der Waals surface area contributed by atoms with Crippen LogP contribution in [-0.2, 0) is 5.41 Å². The first-order chi connectivity index (χ1) is 9.63. The lowest BCUT2D eigenvalue weighted by Gasteiger charge is -2.33. The minimum Gasteiger partial charge on any atom is -0.236 e. The van der Waals surface area contributed by atoms with E-state index in [4.69, 9.17) is 0 Å². The van der Waals surface area contributed by atoms with Crippen LogP contribution in [0.4, 0.5) is 0 Å². The fourth-order valence-corrected chi connectivity index (χ4v) is 2.89. The molecule has 0 radical (unpaired) electrons. The molecule has 3 nitrogen and oxygen atoms in total. The minimum atomic E-state index is -0.465. The maximum absolute atomic E-state index is 9.45. The highest BCUT2D eigenvalue weighted by molar-refractivity contribution is 9.10. The standard InChI is InChI=1S/C16H14BrN3/c1-11-8-14(12-4-2-5-13(17)9-12)20-15(19-11)16(10-18)6-3-7-16/h2,4-5,8-9H,3,6-7H2,1H3. The van der Waals surface area contributed by atoms with Crippen molar-refractivity contribution in [2.24, 2.45) is 0 Å². The summed E-state index contributed by atoms with van der Waals surface area (Å²) in [6, 6.07) is 12.4. The summed E-state index contributed by atoms with van der Waals surface area (Å²) >= 11 is 3.48. The van der Waals surface area contributed by atoms with Gasteiger partial charge in [0.05, 0.1) is 11.8 Å². The monoisotopic (exact) mass is 327 g/mol. The molecule has 1 aliphatic carbocycles. The van der Waals surface area contributed by atoms with Gasteiger partial charge >= 0.3 is 0 Å². The van der Waals surface area contributed by atoms with Crippen molar-refractivity contribution in [1.82, 2.24) is 9.97 Å². The molecule has 0 N–H and O–H groups in total. The molecule has 3 rings (SSSR count). The normalized spacial score (nSPS) is 16.2. The largest absolute Gasteiger partial charge is 0.236 e. The van der Waals surface area contributed by atoms with Crippen molar-refractivity contribution in [3.8, 4) is 17.3 Å². The molecule has 100 valence electrons. The van der Waals surface area contributed by atoms with E-state index < -0.39 is 5.41 Å². The summed E-state index contributed by atoms with van der Waals surface area (Å²) in [6.45, 7) is 1.95. The van der Waals surface area contributed by atoms with E-state index in [0.29, 0.717) is 5.82 Å². The van der Waals surface area contributed by atoms with Crippen molar-refractivity contribution in [2.45, 2.75) is 31.6 Å². The quantitative estimate of drug-likeness (QED) is 0.832. The first-order valence-electron chi connectivity index (χ1n) is 6.66. The molecule has 2 aromatic rings. The number of hydrogen-bond acceptors (Lipinski definition) is 3. The maximum Gasteiger partial charge on any atom is 0.149 e. The first-order valence-corrected chi connectivity index (χ1v) is 7.46. The molecule has 0 spiro atoms. The van der Waals surface area contributed by atoms with Crippen LogP contribution in [0.2, 0.25) is 0 Å². The molecule has 0 aliphatic heterocycles. The van der Waals surface area contributed by atoms with Crippen LogP contribution < -0.4 is 0 Å². The Balaban J connectivity index is 2.10. The second-order valence-electron chi connectivity index (χ2n) is 5.28. The Hall–Kier alpha value is -1.73. The van der Waals surface area contributed by atoms with E-state index in [2.05, 4.69) is 32.0 Å². The fraction of sp³-hybridized carbons (Fsp3) is 0.312. The van der Waals surface area contributed by atoms with Gasteiger partial charge in [0, 0.05) is 15.7 Å². The van der Waals surface area contributed by atoms with Crippen LogP contribution in [0.1, 0.15) is 30.8 Å². The van der Waals surface area contributed by atoms with Gasteiger partial charge in [-0.2, -0.15) is 5.26 Å². The predicted molar refractivity (Wildman–Crippen MR) is 81.0 cm³/mol. The second kappa shape index (κ2) is 4.99. The Morgan fingerprint density at radius 3 is 2.65 bits per heavy atom. The van der Waals surface area contributed by atoms with Crippen LogP contribution in [0.25, 0.3) is 11.3 Å². The number of hydrogen-bond donors (Lipinski definition) is 0. The molecule has 1 aromatic carbocycles. The topological polar surface area (TPSA) is 49.6 Å². The van der Waals surface area contributed by atoms with Crippen molar-refractivity contribution in [3.05, 3.63) is 46.3 Å². The summed E-state index contributed by atoms with van der Waals surface area (Å²) in [5.41, 5.74) is 2.37. The highest BCUT2D eigenvalue weighted by Crippen LogP contribution is 2.42. The van der Waals surface area contributed by atoms with Gasteiger partial charge in [0.2, 0.25) is 0 Å². The molecule has 0 amide bonds. The summed E-state index contributed by atoms with van der Waals surface area (Å²) in [5.74, 6) is 0.682. The Kier molecular flexibility index (Phi) is 3.31. The molecule has 4 heteroatoms. The molecule has 1 aliphatic rings. The Morgan fingerprint density at radius 2 is 2.05 bits per heavy atom. The van der Waals surface area contributed by atoms with Crippen molar-refractivity contribution >= 4 is 15.9 Å². The zero-order valence-electron chi connectivity index (χ0n) is 11.2. The summed E-state index contributed by atoms with van der Waals surface area (Å²) in [5, 5.41) is 9.45. The molecule has 20 heavy (non-hydrogen) atoms. The molecule has 0 atom stereocenters. The van der Waals surface area contributed by atoms with Crippen LogP contribution in [0, 0.1) is 18.3 Å². The van der Waals surface area contributed by atoms with Crippen molar-refractivity contribution in [1.29, 1.82) is 5.26 Å². The van der Waals surface area contributed by atoms with E-state index in [1.54, 1.807) is 0 Å². The van der Waals surface area contributed by atoms with Crippen LogP contribution in [-0.4, -0.2) is 9.97 Å². The molecule has 0 unspecified atom stereocenters. The number of aromatic nitrogens is 2. The fourth-order valence-electron chi connectivity index (χ4n) is 2.49. The molecule has 0 saturated heterocycles. The van der Waals surface area contributed by atoms with Gasteiger partial charge in [0.15, 0.2) is 0 Å². The number of rotatable bonds is 2. The molecular formula is C16H14BrN3. The van der Waals surface area contributed by atoms with Gasteiger partial charge < -0.3 is 0 Å². The van der Waals surface area contributed by atoms with Gasteiger partial charge in [-0.1, -0.05) is 28.1 Å². The van der Waals surface area contributed by atoms with E-state index >= 15 is 0 Å². The Labute approximate surface area is 126 Å². The van der Waals surface area contributed by atoms with Gasteiger partial charge in [-0.05, 0) is 44.4 Å². The average molecular weight is 328 g/mol. The zero-order chi connectivity index (χ0) is 14.2. The van der Waals surface area contributed by atoms with Crippen molar-refractivity contribution < 1.29 is 0 Å². The number of benzene rings is 1. The summed E-state index contributed by atoms with van der Waals surface area (Å²) in [6.07, 6.45) is 2.81. The van der Waals surface area contributed by atoms with Crippen molar-refractivity contribution in [2.75, 3.05) is 0 Å². The maximum atomic E-state index is 9.45. The third-order valence-electron chi connectivity index (χ3n) is 3.82. The van der Waals surface area contributed by atoms with Crippen LogP contribution >= 0.6 is 15.9 Å². The number of halogens is 1. The number of aryl methyl sites for hydroxylation is 1. The lowest BCUT2D eigenvalue weighted by Crippen LogP contribution is -2.34. The smallest absolute Gasteiger partial charge is 0.149 e. The van der Waals surface area contributed by atoms with Crippen LogP contribution in [0.3, 0.4) is 0 Å². The molecule has 0 bridgehead atoms. The van der Waals surface area contributed by atoms with Crippen LogP contribution in [0.15, 0.2) is 34.8 Å². The Morgan fingerprint density at radius 1 is 1.25 bits per heavy atom. The summed E-state index contributed by atoms with van der Waals surface area (Å²) in [7, 11) is 0. The number of nitriles is 1. The van der Waals surface area contributed by atoms with Crippen LogP contribution in [0.5, 0.6) is 0 Å². The SMILES string of the molecule is Cc1cc(-c2cccc(Br)c2)nc(C2(C#N)CCC2)n1. The summed E-state index contributed by atoms with van der Waals surface area (Å²) in [4.78, 5) is 9.16. The van der Waals surface area contributed by atoms with Gasteiger partial charge in [0.25, 0.3) is 0 Å². The Bertz CT molecular complexity index is 699. The van der Waals surface area contributed by atoms with Gasteiger partial charge in [0.1, 0.15) is 11.2 Å². The number of nitrogens with zero attached hydrogens (tertiary/aromatic N) is 3. The van der Waals surface area contributed by atoms with E-state index in [9.17, 15) is 5.26 Å². The highest BCUT2D eigenvalue weighted by atomic mass is 79.9. The lowest BCUT2D eigenvalue weighted by atomic mass is 9.69. The van der Waals surface area contributed by atoms with Crippen molar-refractivity contribution in [3.63, 3.8) is 0 Å². The van der Waals surface area contributed by atoms with Gasteiger partial charge in [-0.15, -0.1) is 0 Å². The third-order valence-corrected chi connectivity index (χ3v) is 4.32. The molecule has 1 aromatic heterocycles. The van der Waals surface area contributed by atoms with Gasteiger partial charge in [-0.3, -0.25) is 0 Å². The highest BCUT2D eigenvalue weighted by Gasteiger charge is 2.42. The minimum absolute atomic E-state index is 0.465. The van der Waals surface area contributed by atoms with E-state index in [1.807, 2.05) is 37.3 Å². The molecule has 1 saturated carbocycles. The predicted octanol–water partition coefficient (Wildman–Crippen LogP) is 4.16. The first kappa shape index (κ1) is 13.3. The third kappa shape index (κ3) is 2.23. The van der Waals surface area contributed by atoms with E-state index in [0.717, 1.165) is 40.7 Å². The lowest BCUT2D eigenvalue weighted by molar-refractivity contribution is 0.307. The zero-order valence-corrected chi connectivity index (χ0v) is 12.8. The molecule has 1 heterocycles. The van der Waals surface area contributed by atoms with E-state index in [1.165, 1.54) is 0 Å². The molecule has 1 fully saturated rings. The van der Waals surface area contributed by atoms with Gasteiger partial charge in [-0.25, -0.2) is 9.97 Å².